The molecule has 1 aromatic heterocycles. The Kier molecular flexibility index (Phi) is 5.82. The zero-order valence-electron chi connectivity index (χ0n) is 12.6. The minimum atomic E-state index is 0.350. The maximum absolute atomic E-state index is 9.37. The molecule has 110 valence electrons. The number of thiophene rings is 1. The first-order chi connectivity index (χ1) is 10.3. The second-order valence-corrected chi connectivity index (χ2v) is 5.77. The third kappa shape index (κ3) is 4.33. The molecule has 4 rings (SSSR count). The molecule has 21 heavy (non-hydrogen) atoms. The smallest absolute Gasteiger partial charge is 0.123 e. The highest BCUT2D eigenvalue weighted by molar-refractivity contribution is 7.10. The molecule has 0 amide bonds. The molecule has 0 bridgehead atoms. The van der Waals surface area contributed by atoms with Crippen molar-refractivity contribution in [2.45, 2.75) is 32.6 Å². The molecule has 2 heteroatoms. The first kappa shape index (κ1) is 15.6. The van der Waals surface area contributed by atoms with Gasteiger partial charge in [0.15, 0.2) is 0 Å². The molecular formula is C19H22OS. The summed E-state index contributed by atoms with van der Waals surface area (Å²) in [7, 11) is 0. The van der Waals surface area contributed by atoms with E-state index < -0.39 is 0 Å². The normalized spacial score (nSPS) is 12.9. The van der Waals surface area contributed by atoms with E-state index in [0.29, 0.717) is 5.75 Å². The van der Waals surface area contributed by atoms with Gasteiger partial charge in [0.05, 0.1) is 0 Å². The summed E-state index contributed by atoms with van der Waals surface area (Å²) in [5, 5.41) is 13.5. The van der Waals surface area contributed by atoms with Crippen LogP contribution in [-0.2, 0) is 0 Å². The number of hydrogen-bond donors (Lipinski definition) is 1. The van der Waals surface area contributed by atoms with E-state index >= 15 is 0 Å². The molecule has 0 atom stereocenters. The Morgan fingerprint density at radius 1 is 0.905 bits per heavy atom. The summed E-state index contributed by atoms with van der Waals surface area (Å²) >= 11 is 1.89. The second-order valence-electron chi connectivity index (χ2n) is 4.79. The first-order valence-electron chi connectivity index (χ1n) is 7.55. The highest BCUT2D eigenvalue weighted by Crippen LogP contribution is 2.41. The molecule has 0 spiro atoms. The number of aromatic hydroxyl groups is 1. The van der Waals surface area contributed by atoms with Crippen LogP contribution in [0.15, 0.2) is 60.0 Å². The van der Waals surface area contributed by atoms with Crippen molar-refractivity contribution in [1.29, 1.82) is 0 Å². The zero-order valence-corrected chi connectivity index (χ0v) is 13.4. The minimum Gasteiger partial charge on any atom is -0.507 e. The zero-order chi connectivity index (χ0) is 15.1. The first-order valence-corrected chi connectivity index (χ1v) is 8.42. The van der Waals surface area contributed by atoms with Crippen molar-refractivity contribution in [3.63, 3.8) is 0 Å². The fraction of sp³-hybridized carbons (Fsp3) is 0.263. The number of hydrogen-bond acceptors (Lipinski definition) is 2. The lowest BCUT2D eigenvalue weighted by Crippen LogP contribution is -1.70. The van der Waals surface area contributed by atoms with Gasteiger partial charge in [-0.15, -0.1) is 11.3 Å². The number of benzene rings is 2. The van der Waals surface area contributed by atoms with Crippen LogP contribution >= 0.6 is 11.3 Å². The molecule has 1 heterocycles. The van der Waals surface area contributed by atoms with Gasteiger partial charge in [0.1, 0.15) is 5.75 Å². The van der Waals surface area contributed by atoms with E-state index in [0.717, 1.165) is 16.7 Å². The quantitative estimate of drug-likeness (QED) is 0.567. The molecule has 0 radical (unpaired) electrons. The predicted octanol–water partition coefficient (Wildman–Crippen LogP) is 6.20. The molecule has 2 aromatic carbocycles. The van der Waals surface area contributed by atoms with Gasteiger partial charge in [-0.1, -0.05) is 56.3 Å². The van der Waals surface area contributed by atoms with Crippen LogP contribution in [0.4, 0.5) is 0 Å². The monoisotopic (exact) mass is 298 g/mol. The number of phenolic OH excluding ortho intramolecular Hbond substituents is 1. The van der Waals surface area contributed by atoms with Crippen LogP contribution in [0.2, 0.25) is 0 Å². The number of phenols is 1. The summed E-state index contributed by atoms with van der Waals surface area (Å²) in [5.74, 6) is 1.30. The predicted molar refractivity (Wildman–Crippen MR) is 93.3 cm³/mol. The van der Waals surface area contributed by atoms with Gasteiger partial charge in [-0.25, -0.2) is 0 Å². The second kappa shape index (κ2) is 7.84. The van der Waals surface area contributed by atoms with Gasteiger partial charge in [0, 0.05) is 10.3 Å². The van der Waals surface area contributed by atoms with Crippen LogP contribution in [0.25, 0.3) is 10.8 Å². The summed E-state index contributed by atoms with van der Waals surface area (Å²) in [6.07, 6.45) is 2.86. The maximum Gasteiger partial charge on any atom is 0.123 e. The van der Waals surface area contributed by atoms with E-state index in [4.69, 9.17) is 0 Å². The van der Waals surface area contributed by atoms with Crippen molar-refractivity contribution < 1.29 is 5.11 Å². The van der Waals surface area contributed by atoms with Crippen molar-refractivity contribution in [3.8, 4) is 5.75 Å². The van der Waals surface area contributed by atoms with Crippen LogP contribution in [-0.4, -0.2) is 5.11 Å². The highest BCUT2D eigenvalue weighted by Gasteiger charge is 2.23. The van der Waals surface area contributed by atoms with Gasteiger partial charge in [-0.05, 0) is 41.7 Å². The number of rotatable bonds is 1. The average molecular weight is 298 g/mol. The molecule has 1 aliphatic rings. The van der Waals surface area contributed by atoms with Crippen LogP contribution in [0.5, 0.6) is 5.75 Å². The topological polar surface area (TPSA) is 20.2 Å². The lowest BCUT2D eigenvalue weighted by Gasteiger charge is -1.97. The summed E-state index contributed by atoms with van der Waals surface area (Å²) < 4.78 is 0. The van der Waals surface area contributed by atoms with Crippen molar-refractivity contribution >= 4 is 22.1 Å². The Bertz CT molecular complexity index is 649. The van der Waals surface area contributed by atoms with Crippen molar-refractivity contribution in [2.24, 2.45) is 0 Å². The fourth-order valence-electron chi connectivity index (χ4n) is 2.10. The summed E-state index contributed by atoms with van der Waals surface area (Å²) in [6.45, 7) is 4.00. The van der Waals surface area contributed by atoms with Gasteiger partial charge < -0.3 is 5.11 Å². The summed E-state index contributed by atoms with van der Waals surface area (Å²) in [5.41, 5.74) is 0. The van der Waals surface area contributed by atoms with E-state index in [1.165, 1.54) is 12.8 Å². The molecule has 1 N–H and O–H groups in total. The van der Waals surface area contributed by atoms with Crippen molar-refractivity contribution in [1.82, 2.24) is 0 Å². The maximum atomic E-state index is 9.37. The van der Waals surface area contributed by atoms with E-state index in [2.05, 4.69) is 17.5 Å². The van der Waals surface area contributed by atoms with Crippen LogP contribution in [0.1, 0.15) is 37.5 Å². The van der Waals surface area contributed by atoms with E-state index in [-0.39, 0.29) is 0 Å². The van der Waals surface area contributed by atoms with Crippen molar-refractivity contribution in [3.05, 3.63) is 64.9 Å². The van der Waals surface area contributed by atoms with Crippen molar-refractivity contribution in [2.75, 3.05) is 0 Å². The third-order valence-electron chi connectivity index (χ3n) is 3.29. The van der Waals surface area contributed by atoms with Gasteiger partial charge in [0.25, 0.3) is 0 Å². The van der Waals surface area contributed by atoms with E-state index in [9.17, 15) is 5.11 Å². The van der Waals surface area contributed by atoms with E-state index in [1.807, 2.05) is 61.6 Å². The highest BCUT2D eigenvalue weighted by atomic mass is 32.1. The Labute approximate surface area is 130 Å². The lowest BCUT2D eigenvalue weighted by molar-refractivity contribution is 0.481. The molecule has 1 nitrogen and oxygen atoms in total. The van der Waals surface area contributed by atoms with Crippen LogP contribution in [0.3, 0.4) is 0 Å². The van der Waals surface area contributed by atoms with E-state index in [1.54, 1.807) is 10.9 Å². The number of fused-ring (bicyclic) bond motifs is 1. The Morgan fingerprint density at radius 3 is 2.24 bits per heavy atom. The Balaban J connectivity index is 0.000000143. The van der Waals surface area contributed by atoms with Gasteiger partial charge >= 0.3 is 0 Å². The average Bonchev–Trinajstić information content (AvgIpc) is 3.26. The molecule has 3 aromatic rings. The largest absolute Gasteiger partial charge is 0.507 e. The van der Waals surface area contributed by atoms with Crippen LogP contribution in [0, 0.1) is 0 Å². The third-order valence-corrected chi connectivity index (χ3v) is 4.32. The molecule has 0 saturated heterocycles. The Hall–Kier alpha value is -1.80. The fourth-order valence-corrected chi connectivity index (χ4v) is 3.00. The molecule has 0 aliphatic heterocycles. The molecular weight excluding hydrogens is 276 g/mol. The SMILES string of the molecule is CC.Oc1cccc2ccccc12.c1csc(C2CC2)c1. The van der Waals surface area contributed by atoms with Gasteiger partial charge in [0.2, 0.25) is 0 Å². The molecule has 1 aliphatic carbocycles. The molecule has 1 saturated carbocycles. The minimum absolute atomic E-state index is 0.350. The van der Waals surface area contributed by atoms with Crippen LogP contribution < -0.4 is 0 Å². The summed E-state index contributed by atoms with van der Waals surface area (Å²) in [4.78, 5) is 1.59. The van der Waals surface area contributed by atoms with Gasteiger partial charge in [-0.2, -0.15) is 0 Å². The Morgan fingerprint density at radius 2 is 1.62 bits per heavy atom. The lowest BCUT2D eigenvalue weighted by atomic mass is 10.1. The molecule has 0 unspecified atom stereocenters. The summed E-state index contributed by atoms with van der Waals surface area (Å²) in [6, 6.07) is 17.7. The van der Waals surface area contributed by atoms with Gasteiger partial charge in [-0.3, -0.25) is 0 Å². The molecule has 1 fully saturated rings. The standard InChI is InChI=1S/C10H8O.C7H8S.C2H6/c11-10-7-3-5-8-4-1-2-6-9(8)10;1-2-7(8-5-1)6-3-4-6;1-2/h1-7,11H;1-2,5-6H,3-4H2;1-2H3.